The molecule has 2 heterocycles. The van der Waals surface area contributed by atoms with Crippen LogP contribution >= 0.6 is 0 Å². The third-order valence-electron chi connectivity index (χ3n) is 7.00. The van der Waals surface area contributed by atoms with Crippen LogP contribution in [0, 0.1) is 0 Å². The maximum Gasteiger partial charge on any atom is 0.410 e. The fraction of sp³-hybridized carbons (Fsp3) is 0.314. The van der Waals surface area contributed by atoms with Crippen LogP contribution in [0.25, 0.3) is 11.1 Å². The van der Waals surface area contributed by atoms with Crippen LogP contribution in [-0.4, -0.2) is 40.7 Å². The fourth-order valence-corrected chi connectivity index (χ4v) is 4.93. The minimum Gasteiger partial charge on any atom is -0.473 e. The Morgan fingerprint density at radius 1 is 0.881 bits per heavy atom. The molecule has 5 rings (SSSR count). The van der Waals surface area contributed by atoms with Crippen molar-refractivity contribution in [1.82, 2.24) is 9.88 Å². The number of hydrogen-bond acceptors (Lipinski definition) is 6. The Bertz CT molecular complexity index is 1450. The highest BCUT2D eigenvalue weighted by Gasteiger charge is 2.32. The van der Waals surface area contributed by atoms with E-state index in [1.54, 1.807) is 0 Å². The lowest BCUT2D eigenvalue weighted by molar-refractivity contribution is 0.0235. The number of ether oxygens (including phenoxy) is 3. The molecule has 218 valence electrons. The molecule has 1 saturated heterocycles. The SMILES string of the molecule is CC(C)(C)OC(=O)N1CCC[C@@H]1CNc1cccc(-c2ccc(OCc3ccccc3)nc2OCc2ccccc2)c1. The summed E-state index contributed by atoms with van der Waals surface area (Å²) in [6.07, 6.45) is 1.66. The number of rotatable bonds is 10. The molecule has 1 fully saturated rings. The molecule has 1 aromatic heterocycles. The molecule has 0 radical (unpaired) electrons. The number of nitrogens with one attached hydrogen (secondary N) is 1. The zero-order valence-corrected chi connectivity index (χ0v) is 24.6. The molecule has 0 aliphatic carbocycles. The van der Waals surface area contributed by atoms with Gasteiger partial charge in [0.25, 0.3) is 0 Å². The van der Waals surface area contributed by atoms with E-state index in [0.29, 0.717) is 38.1 Å². The van der Waals surface area contributed by atoms with Gasteiger partial charge in [0.2, 0.25) is 11.8 Å². The van der Waals surface area contributed by atoms with Crippen molar-refractivity contribution in [3.8, 4) is 22.9 Å². The van der Waals surface area contributed by atoms with E-state index in [2.05, 4.69) is 11.4 Å². The summed E-state index contributed by atoms with van der Waals surface area (Å²) >= 11 is 0. The molecule has 3 aromatic carbocycles. The van der Waals surface area contributed by atoms with E-state index in [1.165, 1.54) is 0 Å². The maximum absolute atomic E-state index is 12.7. The number of anilines is 1. The maximum atomic E-state index is 12.7. The van der Waals surface area contributed by atoms with Crippen LogP contribution in [0.3, 0.4) is 0 Å². The van der Waals surface area contributed by atoms with Crippen LogP contribution in [0.4, 0.5) is 10.5 Å². The number of nitrogens with zero attached hydrogens (tertiary/aromatic N) is 2. The average Bonchev–Trinajstić information content (AvgIpc) is 3.47. The van der Waals surface area contributed by atoms with Gasteiger partial charge in [-0.05, 0) is 68.5 Å². The van der Waals surface area contributed by atoms with Gasteiger partial charge in [-0.25, -0.2) is 4.79 Å². The first-order valence-corrected chi connectivity index (χ1v) is 14.5. The normalized spacial score (nSPS) is 14.8. The summed E-state index contributed by atoms with van der Waals surface area (Å²) in [5.74, 6) is 1.01. The Morgan fingerprint density at radius 2 is 1.57 bits per heavy atom. The molecule has 1 amide bonds. The Balaban J connectivity index is 1.31. The molecule has 0 spiro atoms. The average molecular weight is 566 g/mol. The number of aromatic nitrogens is 1. The van der Waals surface area contributed by atoms with Gasteiger partial charge in [-0.2, -0.15) is 4.98 Å². The second-order valence-electron chi connectivity index (χ2n) is 11.5. The summed E-state index contributed by atoms with van der Waals surface area (Å²) in [4.78, 5) is 19.3. The summed E-state index contributed by atoms with van der Waals surface area (Å²) in [6, 6.07) is 32.2. The predicted molar refractivity (Wildman–Crippen MR) is 166 cm³/mol. The summed E-state index contributed by atoms with van der Waals surface area (Å²) in [6.45, 7) is 7.87. The van der Waals surface area contributed by atoms with Crippen molar-refractivity contribution in [3.63, 3.8) is 0 Å². The molecule has 1 aliphatic rings. The molecule has 4 aromatic rings. The van der Waals surface area contributed by atoms with Gasteiger partial charge < -0.3 is 24.4 Å². The van der Waals surface area contributed by atoms with E-state index < -0.39 is 5.60 Å². The van der Waals surface area contributed by atoms with Crippen molar-refractivity contribution < 1.29 is 19.0 Å². The van der Waals surface area contributed by atoms with Gasteiger partial charge in [0.1, 0.15) is 18.8 Å². The molecule has 0 saturated carbocycles. The number of hydrogen-bond donors (Lipinski definition) is 1. The van der Waals surface area contributed by atoms with Crippen LogP contribution < -0.4 is 14.8 Å². The first kappa shape index (κ1) is 29.0. The van der Waals surface area contributed by atoms with Gasteiger partial charge >= 0.3 is 6.09 Å². The van der Waals surface area contributed by atoms with Crippen molar-refractivity contribution in [2.75, 3.05) is 18.4 Å². The monoisotopic (exact) mass is 565 g/mol. The molecular formula is C35H39N3O4. The Labute approximate surface area is 248 Å². The highest BCUT2D eigenvalue weighted by molar-refractivity contribution is 5.73. The standard InChI is InChI=1S/C35H39N3O4/c1-35(2,3)42-34(39)38-21-11-18-30(38)23-36-29-17-10-16-28(22-29)31-19-20-32(40-24-26-12-6-4-7-13-26)37-33(31)41-25-27-14-8-5-9-15-27/h4-10,12-17,19-20,22,30,36H,11,18,21,23-25H2,1-3H3/t30-/m1/s1. The lowest BCUT2D eigenvalue weighted by Gasteiger charge is -2.29. The summed E-state index contributed by atoms with van der Waals surface area (Å²) in [5, 5.41) is 3.54. The van der Waals surface area contributed by atoms with Crippen molar-refractivity contribution >= 4 is 11.8 Å². The highest BCUT2D eigenvalue weighted by atomic mass is 16.6. The second kappa shape index (κ2) is 13.4. The van der Waals surface area contributed by atoms with Crippen LogP contribution in [0.1, 0.15) is 44.7 Å². The minimum atomic E-state index is -0.511. The van der Waals surface area contributed by atoms with Gasteiger partial charge in [-0.1, -0.05) is 72.8 Å². The topological polar surface area (TPSA) is 72.9 Å². The number of benzene rings is 3. The van der Waals surface area contributed by atoms with Crippen LogP contribution in [-0.2, 0) is 18.0 Å². The van der Waals surface area contributed by atoms with E-state index in [9.17, 15) is 4.79 Å². The molecule has 1 aliphatic heterocycles. The van der Waals surface area contributed by atoms with Gasteiger partial charge in [-0.15, -0.1) is 0 Å². The Kier molecular flexibility index (Phi) is 9.27. The molecule has 7 nitrogen and oxygen atoms in total. The zero-order valence-electron chi connectivity index (χ0n) is 24.6. The molecule has 0 unspecified atom stereocenters. The lowest BCUT2D eigenvalue weighted by atomic mass is 10.1. The molecule has 0 bridgehead atoms. The quantitative estimate of drug-likeness (QED) is 0.212. The van der Waals surface area contributed by atoms with E-state index in [4.69, 9.17) is 19.2 Å². The summed E-state index contributed by atoms with van der Waals surface area (Å²) < 4.78 is 17.9. The molecule has 1 N–H and O–H groups in total. The summed E-state index contributed by atoms with van der Waals surface area (Å²) in [5.41, 5.74) is 4.42. The van der Waals surface area contributed by atoms with Gasteiger partial charge in [0.05, 0.1) is 6.04 Å². The van der Waals surface area contributed by atoms with Crippen LogP contribution in [0.2, 0.25) is 0 Å². The van der Waals surface area contributed by atoms with Crippen molar-refractivity contribution in [2.24, 2.45) is 0 Å². The lowest BCUT2D eigenvalue weighted by Crippen LogP contribution is -2.42. The molecule has 1 atom stereocenters. The molecule has 7 heteroatoms. The van der Waals surface area contributed by atoms with Gasteiger partial charge in [-0.3, -0.25) is 0 Å². The zero-order chi connectivity index (χ0) is 29.4. The third kappa shape index (κ3) is 8.03. The van der Waals surface area contributed by atoms with E-state index in [0.717, 1.165) is 40.8 Å². The van der Waals surface area contributed by atoms with Crippen LogP contribution in [0.15, 0.2) is 97.1 Å². The number of carbonyl (C=O) groups excluding carboxylic acids is 1. The number of pyridine rings is 1. The Morgan fingerprint density at radius 3 is 2.26 bits per heavy atom. The largest absolute Gasteiger partial charge is 0.473 e. The smallest absolute Gasteiger partial charge is 0.410 e. The predicted octanol–water partition coefficient (Wildman–Crippen LogP) is 7.72. The van der Waals surface area contributed by atoms with Gasteiger partial charge in [0.15, 0.2) is 0 Å². The molecule has 42 heavy (non-hydrogen) atoms. The van der Waals surface area contributed by atoms with Crippen molar-refractivity contribution in [3.05, 3.63) is 108 Å². The number of amides is 1. The third-order valence-corrected chi connectivity index (χ3v) is 7.00. The van der Waals surface area contributed by atoms with E-state index in [1.807, 2.05) is 117 Å². The summed E-state index contributed by atoms with van der Waals surface area (Å²) in [7, 11) is 0. The Hall–Kier alpha value is -4.52. The van der Waals surface area contributed by atoms with Crippen LogP contribution in [0.5, 0.6) is 11.8 Å². The molecular weight excluding hydrogens is 526 g/mol. The fourth-order valence-electron chi connectivity index (χ4n) is 4.93. The van der Waals surface area contributed by atoms with E-state index in [-0.39, 0.29) is 12.1 Å². The minimum absolute atomic E-state index is 0.0796. The van der Waals surface area contributed by atoms with Crippen molar-refractivity contribution in [1.29, 1.82) is 0 Å². The second-order valence-corrected chi connectivity index (χ2v) is 11.5. The number of likely N-dealkylation sites (tertiary alicyclic amines) is 1. The van der Waals surface area contributed by atoms with Crippen molar-refractivity contribution in [2.45, 2.75) is 58.5 Å². The number of carbonyl (C=O) groups is 1. The van der Waals surface area contributed by atoms with E-state index >= 15 is 0 Å². The first-order valence-electron chi connectivity index (χ1n) is 14.5. The first-order chi connectivity index (χ1) is 20.3. The van der Waals surface area contributed by atoms with Gasteiger partial charge in [0, 0.05) is 30.4 Å². The highest BCUT2D eigenvalue weighted by Crippen LogP contribution is 2.33.